The number of hydrogen-bond donors (Lipinski definition) is 1. The van der Waals surface area contributed by atoms with Gasteiger partial charge in [-0.1, -0.05) is 11.8 Å². The average Bonchev–Trinajstić information content (AvgIpc) is 2.89. The lowest BCUT2D eigenvalue weighted by atomic mass is 10.2. The van der Waals surface area contributed by atoms with Gasteiger partial charge in [0.15, 0.2) is 5.16 Å². The maximum atomic E-state index is 11.7. The van der Waals surface area contributed by atoms with Crippen LogP contribution in [0.15, 0.2) is 17.6 Å². The Morgan fingerprint density at radius 1 is 1.59 bits per heavy atom. The molecule has 1 saturated heterocycles. The first-order valence-electron chi connectivity index (χ1n) is 5.55. The number of nitrogens with one attached hydrogen (secondary N) is 1. The molecule has 1 aromatic rings. The van der Waals surface area contributed by atoms with E-state index in [1.807, 2.05) is 6.26 Å². The Bertz CT molecular complexity index is 377. The molecule has 92 valence electrons. The second-order valence-corrected chi connectivity index (χ2v) is 4.58. The molecule has 0 unspecified atom stereocenters. The predicted octanol–water partition coefficient (Wildman–Crippen LogP) is 1.11. The van der Waals surface area contributed by atoms with Gasteiger partial charge in [0.1, 0.15) is 0 Å². The number of carbonyl (C=O) groups excluding carboxylic acids is 1. The SMILES string of the molecule is CSc1ncc(C(=O)NC[C@H]2CCCO2)cn1. The molecule has 0 radical (unpaired) electrons. The molecule has 0 bridgehead atoms. The lowest BCUT2D eigenvalue weighted by molar-refractivity contribution is 0.0857. The van der Waals surface area contributed by atoms with E-state index in [9.17, 15) is 4.79 Å². The molecule has 5 nitrogen and oxygen atoms in total. The van der Waals surface area contributed by atoms with E-state index in [1.54, 1.807) is 12.4 Å². The van der Waals surface area contributed by atoms with Gasteiger partial charge in [-0.3, -0.25) is 4.79 Å². The smallest absolute Gasteiger partial charge is 0.254 e. The Kier molecular flexibility index (Phi) is 4.33. The quantitative estimate of drug-likeness (QED) is 0.643. The average molecular weight is 253 g/mol. The number of hydrogen-bond acceptors (Lipinski definition) is 5. The summed E-state index contributed by atoms with van der Waals surface area (Å²) in [6.07, 6.45) is 7.24. The van der Waals surface area contributed by atoms with Gasteiger partial charge in [-0.25, -0.2) is 9.97 Å². The Labute approximate surface area is 104 Å². The van der Waals surface area contributed by atoms with Crippen molar-refractivity contribution in [3.8, 4) is 0 Å². The van der Waals surface area contributed by atoms with E-state index in [1.165, 1.54) is 11.8 Å². The van der Waals surface area contributed by atoms with Crippen LogP contribution in [0.1, 0.15) is 23.2 Å². The van der Waals surface area contributed by atoms with Crippen molar-refractivity contribution in [3.05, 3.63) is 18.0 Å². The van der Waals surface area contributed by atoms with E-state index < -0.39 is 0 Å². The van der Waals surface area contributed by atoms with Crippen molar-refractivity contribution in [1.29, 1.82) is 0 Å². The summed E-state index contributed by atoms with van der Waals surface area (Å²) in [6, 6.07) is 0. The van der Waals surface area contributed by atoms with Gasteiger partial charge in [-0.05, 0) is 19.1 Å². The molecule has 1 N–H and O–H groups in total. The molecule has 0 spiro atoms. The van der Waals surface area contributed by atoms with E-state index in [4.69, 9.17) is 4.74 Å². The molecule has 2 heterocycles. The monoisotopic (exact) mass is 253 g/mol. The van der Waals surface area contributed by atoms with Gasteiger partial charge in [0.2, 0.25) is 0 Å². The molecule has 1 aliphatic heterocycles. The number of ether oxygens (including phenoxy) is 1. The zero-order chi connectivity index (χ0) is 12.1. The zero-order valence-electron chi connectivity index (χ0n) is 9.68. The number of aromatic nitrogens is 2. The predicted molar refractivity (Wildman–Crippen MR) is 65.1 cm³/mol. The fraction of sp³-hybridized carbons (Fsp3) is 0.545. The van der Waals surface area contributed by atoms with Crippen molar-refractivity contribution in [1.82, 2.24) is 15.3 Å². The highest BCUT2D eigenvalue weighted by atomic mass is 32.2. The van der Waals surface area contributed by atoms with Crippen molar-refractivity contribution < 1.29 is 9.53 Å². The fourth-order valence-electron chi connectivity index (χ4n) is 1.65. The van der Waals surface area contributed by atoms with Crippen LogP contribution in [0.2, 0.25) is 0 Å². The normalized spacial score (nSPS) is 19.2. The first-order valence-corrected chi connectivity index (χ1v) is 6.78. The molecule has 1 aliphatic rings. The maximum absolute atomic E-state index is 11.7. The minimum atomic E-state index is -0.145. The highest BCUT2D eigenvalue weighted by molar-refractivity contribution is 7.98. The molecule has 0 aliphatic carbocycles. The molecule has 1 aromatic heterocycles. The van der Waals surface area contributed by atoms with Crippen LogP contribution in [0.25, 0.3) is 0 Å². The van der Waals surface area contributed by atoms with E-state index in [2.05, 4.69) is 15.3 Å². The van der Waals surface area contributed by atoms with E-state index >= 15 is 0 Å². The Hall–Kier alpha value is -1.14. The van der Waals surface area contributed by atoms with Crippen molar-refractivity contribution in [2.45, 2.75) is 24.1 Å². The van der Waals surface area contributed by atoms with E-state index in [-0.39, 0.29) is 12.0 Å². The van der Waals surface area contributed by atoms with Crippen molar-refractivity contribution in [2.75, 3.05) is 19.4 Å². The number of carbonyl (C=O) groups is 1. The van der Waals surface area contributed by atoms with Gasteiger partial charge in [0, 0.05) is 25.5 Å². The minimum Gasteiger partial charge on any atom is -0.376 e. The molecule has 1 amide bonds. The summed E-state index contributed by atoms with van der Waals surface area (Å²) in [7, 11) is 0. The van der Waals surface area contributed by atoms with Crippen LogP contribution in [-0.2, 0) is 4.74 Å². The van der Waals surface area contributed by atoms with Crippen molar-refractivity contribution in [3.63, 3.8) is 0 Å². The van der Waals surface area contributed by atoms with Crippen LogP contribution in [0.5, 0.6) is 0 Å². The standard InChI is InChI=1S/C11H15N3O2S/c1-17-11-13-5-8(6-14-11)10(15)12-7-9-3-2-4-16-9/h5-6,9H,2-4,7H2,1H3,(H,12,15)/t9-/m1/s1. The Balaban J connectivity index is 1.85. The minimum absolute atomic E-state index is 0.145. The van der Waals surface area contributed by atoms with Gasteiger partial charge >= 0.3 is 0 Å². The Morgan fingerprint density at radius 2 is 2.35 bits per heavy atom. The summed E-state index contributed by atoms with van der Waals surface area (Å²) in [5.74, 6) is -0.145. The third-order valence-electron chi connectivity index (χ3n) is 2.59. The molecule has 0 saturated carbocycles. The molecular weight excluding hydrogens is 238 g/mol. The summed E-state index contributed by atoms with van der Waals surface area (Å²) < 4.78 is 5.43. The number of rotatable bonds is 4. The molecule has 2 rings (SSSR count). The van der Waals surface area contributed by atoms with Crippen LogP contribution in [-0.4, -0.2) is 41.4 Å². The number of nitrogens with zero attached hydrogens (tertiary/aromatic N) is 2. The highest BCUT2D eigenvalue weighted by Gasteiger charge is 2.16. The van der Waals surface area contributed by atoms with Gasteiger partial charge in [0.25, 0.3) is 5.91 Å². The summed E-state index contributed by atoms with van der Waals surface area (Å²) >= 11 is 1.45. The van der Waals surface area contributed by atoms with E-state index in [0.29, 0.717) is 17.3 Å². The lowest BCUT2D eigenvalue weighted by Crippen LogP contribution is -2.31. The molecule has 6 heteroatoms. The van der Waals surface area contributed by atoms with Crippen LogP contribution in [0.3, 0.4) is 0 Å². The molecule has 17 heavy (non-hydrogen) atoms. The second kappa shape index (κ2) is 5.97. The zero-order valence-corrected chi connectivity index (χ0v) is 10.5. The summed E-state index contributed by atoms with van der Waals surface area (Å²) in [6.45, 7) is 1.36. The van der Waals surface area contributed by atoms with Gasteiger partial charge in [0.05, 0.1) is 11.7 Å². The Morgan fingerprint density at radius 3 is 2.94 bits per heavy atom. The van der Waals surface area contributed by atoms with Gasteiger partial charge in [-0.15, -0.1) is 0 Å². The largest absolute Gasteiger partial charge is 0.376 e. The van der Waals surface area contributed by atoms with Crippen LogP contribution >= 0.6 is 11.8 Å². The first kappa shape index (κ1) is 12.3. The third kappa shape index (κ3) is 3.41. The van der Waals surface area contributed by atoms with Crippen LogP contribution in [0.4, 0.5) is 0 Å². The molecular formula is C11H15N3O2S. The molecule has 0 aromatic carbocycles. The third-order valence-corrected chi connectivity index (χ3v) is 3.16. The lowest BCUT2D eigenvalue weighted by Gasteiger charge is -2.10. The van der Waals surface area contributed by atoms with Crippen LogP contribution < -0.4 is 5.32 Å². The fourth-order valence-corrected chi connectivity index (χ4v) is 1.97. The number of thioether (sulfide) groups is 1. The summed E-state index contributed by atoms with van der Waals surface area (Å²) in [4.78, 5) is 19.9. The summed E-state index contributed by atoms with van der Waals surface area (Å²) in [5.41, 5.74) is 0.487. The molecule has 1 atom stereocenters. The van der Waals surface area contributed by atoms with Gasteiger partial charge < -0.3 is 10.1 Å². The van der Waals surface area contributed by atoms with Crippen molar-refractivity contribution in [2.24, 2.45) is 0 Å². The topological polar surface area (TPSA) is 64.1 Å². The van der Waals surface area contributed by atoms with E-state index in [0.717, 1.165) is 19.4 Å². The van der Waals surface area contributed by atoms with Crippen molar-refractivity contribution >= 4 is 17.7 Å². The number of amides is 1. The maximum Gasteiger partial charge on any atom is 0.254 e. The second-order valence-electron chi connectivity index (χ2n) is 3.80. The highest BCUT2D eigenvalue weighted by Crippen LogP contribution is 2.11. The van der Waals surface area contributed by atoms with Gasteiger partial charge in [-0.2, -0.15) is 0 Å². The summed E-state index contributed by atoms with van der Waals surface area (Å²) in [5, 5.41) is 3.49. The molecule has 1 fully saturated rings. The van der Waals surface area contributed by atoms with Crippen LogP contribution in [0, 0.1) is 0 Å². The first-order chi connectivity index (χ1) is 8.29.